The summed E-state index contributed by atoms with van der Waals surface area (Å²) in [5.41, 5.74) is 0. The maximum Gasteiger partial charge on any atom is 0.318 e. The number of hydrogen-bond donors (Lipinski definition) is 1. The van der Waals surface area contributed by atoms with Gasteiger partial charge in [0.05, 0.1) is 0 Å². The third-order valence-electron chi connectivity index (χ3n) is 2.98. The molecule has 0 amide bonds. The Labute approximate surface area is 121 Å². The van der Waals surface area contributed by atoms with E-state index < -0.39 is 33.3 Å². The van der Waals surface area contributed by atoms with Gasteiger partial charge >= 0.3 is 5.97 Å². The van der Waals surface area contributed by atoms with Gasteiger partial charge in [-0.3, -0.25) is 4.79 Å². The molecule has 2 rings (SSSR count). The summed E-state index contributed by atoms with van der Waals surface area (Å²) in [5, 5.41) is 8.90. The Balaban J connectivity index is 2.35. The average Bonchev–Trinajstić information content (AvgIpc) is 3.10. The van der Waals surface area contributed by atoms with Gasteiger partial charge in [0, 0.05) is 11.6 Å². The number of halogens is 2. The smallest absolute Gasteiger partial charge is 0.318 e. The van der Waals surface area contributed by atoms with Gasteiger partial charge in [-0.05, 0) is 37.0 Å². The van der Waals surface area contributed by atoms with E-state index in [0.717, 1.165) is 29.3 Å². The van der Waals surface area contributed by atoms with Crippen molar-refractivity contribution in [3.05, 3.63) is 29.0 Å². The minimum atomic E-state index is -4.18. The van der Waals surface area contributed by atoms with E-state index in [1.54, 1.807) is 0 Å². The standard InChI is InChI=1S/C12H13ClFNO4S/c13-9-3-4-11(10(14)5-9)20(18,19)15(7-12(16)17)6-8-1-2-8/h3-5,8H,1-2,6-7H2,(H,16,17). The lowest BCUT2D eigenvalue weighted by molar-refractivity contribution is -0.137. The fourth-order valence-corrected chi connectivity index (χ4v) is 3.48. The van der Waals surface area contributed by atoms with Gasteiger partial charge in [-0.1, -0.05) is 11.6 Å². The van der Waals surface area contributed by atoms with Crippen molar-refractivity contribution in [3.8, 4) is 0 Å². The van der Waals surface area contributed by atoms with E-state index in [9.17, 15) is 17.6 Å². The molecule has 1 aliphatic carbocycles. The van der Waals surface area contributed by atoms with Gasteiger partial charge in [0.25, 0.3) is 0 Å². The number of carbonyl (C=O) groups is 1. The van der Waals surface area contributed by atoms with Crippen molar-refractivity contribution in [1.29, 1.82) is 0 Å². The number of hydrogen-bond acceptors (Lipinski definition) is 3. The molecule has 1 fully saturated rings. The second-order valence-electron chi connectivity index (χ2n) is 4.71. The Hall–Kier alpha value is -1.18. The van der Waals surface area contributed by atoms with Crippen molar-refractivity contribution in [2.45, 2.75) is 17.7 Å². The predicted molar refractivity (Wildman–Crippen MR) is 70.5 cm³/mol. The zero-order valence-corrected chi connectivity index (χ0v) is 12.0. The second kappa shape index (κ2) is 5.67. The van der Waals surface area contributed by atoms with Crippen molar-refractivity contribution in [1.82, 2.24) is 4.31 Å². The zero-order chi connectivity index (χ0) is 14.9. The van der Waals surface area contributed by atoms with Gasteiger partial charge in [-0.15, -0.1) is 0 Å². The maximum absolute atomic E-state index is 13.8. The van der Waals surface area contributed by atoms with Crippen molar-refractivity contribution in [3.63, 3.8) is 0 Å². The van der Waals surface area contributed by atoms with E-state index in [2.05, 4.69) is 0 Å². The number of rotatable bonds is 6. The molecule has 110 valence electrons. The number of nitrogens with zero attached hydrogens (tertiary/aromatic N) is 1. The summed E-state index contributed by atoms with van der Waals surface area (Å²) in [6, 6.07) is 3.20. The molecule has 0 unspecified atom stereocenters. The van der Waals surface area contributed by atoms with E-state index >= 15 is 0 Å². The van der Waals surface area contributed by atoms with Crippen molar-refractivity contribution < 1.29 is 22.7 Å². The zero-order valence-electron chi connectivity index (χ0n) is 10.4. The highest BCUT2D eigenvalue weighted by molar-refractivity contribution is 7.89. The molecular formula is C12H13ClFNO4S. The molecule has 1 aromatic carbocycles. The highest BCUT2D eigenvalue weighted by Crippen LogP contribution is 2.32. The average molecular weight is 322 g/mol. The van der Waals surface area contributed by atoms with Crippen LogP contribution in [0.2, 0.25) is 5.02 Å². The highest BCUT2D eigenvalue weighted by Gasteiger charge is 2.34. The first-order valence-corrected chi connectivity index (χ1v) is 7.79. The third-order valence-corrected chi connectivity index (χ3v) is 5.06. The van der Waals surface area contributed by atoms with Crippen LogP contribution in [-0.4, -0.2) is 36.9 Å². The number of benzene rings is 1. The summed E-state index contributed by atoms with van der Waals surface area (Å²) in [6.07, 6.45) is 1.71. The molecule has 0 bridgehead atoms. The highest BCUT2D eigenvalue weighted by atomic mass is 35.5. The SMILES string of the molecule is O=C(O)CN(CC1CC1)S(=O)(=O)c1ccc(Cl)cc1F. The fraction of sp³-hybridized carbons (Fsp3) is 0.417. The topological polar surface area (TPSA) is 74.7 Å². The Kier molecular flexibility index (Phi) is 4.31. The third kappa shape index (κ3) is 3.47. The number of carboxylic acids is 1. The molecule has 0 radical (unpaired) electrons. The number of sulfonamides is 1. The molecule has 0 saturated heterocycles. The molecule has 8 heteroatoms. The van der Waals surface area contributed by atoms with Crippen LogP contribution in [0.25, 0.3) is 0 Å². The van der Waals surface area contributed by atoms with Crippen LogP contribution in [0.1, 0.15) is 12.8 Å². The quantitative estimate of drug-likeness (QED) is 0.869. The van der Waals surface area contributed by atoms with Crippen LogP contribution in [-0.2, 0) is 14.8 Å². The van der Waals surface area contributed by atoms with Crippen LogP contribution in [0.3, 0.4) is 0 Å². The van der Waals surface area contributed by atoms with E-state index in [0.29, 0.717) is 0 Å². The molecule has 1 aliphatic rings. The molecule has 0 aromatic heterocycles. The van der Waals surface area contributed by atoms with Crippen LogP contribution in [0.5, 0.6) is 0 Å². The Bertz CT molecular complexity index is 630. The monoisotopic (exact) mass is 321 g/mol. The van der Waals surface area contributed by atoms with Crippen molar-refractivity contribution >= 4 is 27.6 Å². The van der Waals surface area contributed by atoms with Crippen LogP contribution >= 0.6 is 11.6 Å². The molecular weight excluding hydrogens is 309 g/mol. The van der Waals surface area contributed by atoms with E-state index in [4.69, 9.17) is 16.7 Å². The van der Waals surface area contributed by atoms with Gasteiger partial charge in [0.1, 0.15) is 17.3 Å². The summed E-state index contributed by atoms with van der Waals surface area (Å²) in [5.74, 6) is -2.10. The minimum absolute atomic E-state index is 0.0772. The molecule has 1 saturated carbocycles. The molecule has 20 heavy (non-hydrogen) atoms. The van der Waals surface area contributed by atoms with Gasteiger partial charge < -0.3 is 5.11 Å². The lowest BCUT2D eigenvalue weighted by Gasteiger charge is -2.20. The van der Waals surface area contributed by atoms with Crippen molar-refractivity contribution in [2.75, 3.05) is 13.1 Å². The maximum atomic E-state index is 13.8. The first kappa shape index (κ1) is 15.2. The summed E-state index contributed by atoms with van der Waals surface area (Å²) < 4.78 is 39.2. The van der Waals surface area contributed by atoms with Gasteiger partial charge in [-0.25, -0.2) is 12.8 Å². The van der Waals surface area contributed by atoms with Crippen LogP contribution in [0, 0.1) is 11.7 Å². The Morgan fingerprint density at radius 3 is 2.60 bits per heavy atom. The molecule has 0 atom stereocenters. The van der Waals surface area contributed by atoms with Gasteiger partial charge in [0.15, 0.2) is 0 Å². The molecule has 1 N–H and O–H groups in total. The molecule has 5 nitrogen and oxygen atoms in total. The largest absolute Gasteiger partial charge is 0.480 e. The number of carboxylic acid groups (broad SMARTS) is 1. The summed E-state index contributed by atoms with van der Waals surface area (Å²) in [7, 11) is -4.18. The number of aliphatic carboxylic acids is 1. The molecule has 1 aromatic rings. The van der Waals surface area contributed by atoms with E-state index in [-0.39, 0.29) is 17.5 Å². The Morgan fingerprint density at radius 2 is 2.10 bits per heavy atom. The van der Waals surface area contributed by atoms with Crippen LogP contribution in [0.15, 0.2) is 23.1 Å². The van der Waals surface area contributed by atoms with Crippen molar-refractivity contribution in [2.24, 2.45) is 5.92 Å². The van der Waals surface area contributed by atoms with Gasteiger partial charge in [-0.2, -0.15) is 4.31 Å². The fourth-order valence-electron chi connectivity index (χ4n) is 1.81. The lowest BCUT2D eigenvalue weighted by atomic mass is 10.3. The van der Waals surface area contributed by atoms with E-state index in [1.807, 2.05) is 0 Å². The summed E-state index contributed by atoms with van der Waals surface area (Å²) >= 11 is 5.58. The summed E-state index contributed by atoms with van der Waals surface area (Å²) in [6.45, 7) is -0.586. The summed E-state index contributed by atoms with van der Waals surface area (Å²) in [4.78, 5) is 10.3. The minimum Gasteiger partial charge on any atom is -0.480 e. The van der Waals surface area contributed by atoms with Crippen LogP contribution in [0.4, 0.5) is 4.39 Å². The second-order valence-corrected chi connectivity index (χ2v) is 7.05. The normalized spacial score (nSPS) is 15.6. The molecule has 0 spiro atoms. The predicted octanol–water partition coefficient (Wildman–Crippen LogP) is 1.96. The van der Waals surface area contributed by atoms with Gasteiger partial charge in [0.2, 0.25) is 10.0 Å². The van der Waals surface area contributed by atoms with Crippen LogP contribution < -0.4 is 0 Å². The first-order valence-electron chi connectivity index (χ1n) is 5.97. The molecule has 0 heterocycles. The molecule has 0 aliphatic heterocycles. The first-order chi connectivity index (χ1) is 9.30. The van der Waals surface area contributed by atoms with E-state index in [1.165, 1.54) is 6.07 Å². The lowest BCUT2D eigenvalue weighted by Crippen LogP contribution is -2.37. The Morgan fingerprint density at radius 1 is 1.45 bits per heavy atom.